The smallest absolute Gasteiger partial charge is 0.299 e. The number of hydrogen-bond acceptors (Lipinski definition) is 4. The summed E-state index contributed by atoms with van der Waals surface area (Å²) in [5.74, 6) is 6.71. The molecule has 0 saturated heterocycles. The van der Waals surface area contributed by atoms with Crippen LogP contribution in [-0.4, -0.2) is 12.3 Å². The van der Waals surface area contributed by atoms with Crippen molar-refractivity contribution in [2.45, 2.75) is 39.0 Å². The molecule has 2 rings (SSSR count). The summed E-state index contributed by atoms with van der Waals surface area (Å²) in [5, 5.41) is 15.5. The Balaban J connectivity index is 2.12. The van der Waals surface area contributed by atoms with Gasteiger partial charge in [0.2, 0.25) is 5.69 Å². The molecule has 0 saturated carbocycles. The van der Waals surface area contributed by atoms with E-state index >= 15 is 0 Å². The Morgan fingerprint density at radius 1 is 1.23 bits per heavy atom. The van der Waals surface area contributed by atoms with E-state index in [1.807, 2.05) is 0 Å². The molecule has 0 radical (unpaired) electrons. The molecule has 0 fully saturated rings. The standard InChI is InChI=1S/C17H20N2O3/c1-3-4-5-6-7-8-9-16-17(19(20)22-18-16)14-10-12-15(21-2)13-11-14/h10-13H,3-7H2,1-2H3. The number of aromatic nitrogens is 2. The van der Waals surface area contributed by atoms with Gasteiger partial charge in [-0.2, -0.15) is 0 Å². The van der Waals surface area contributed by atoms with E-state index in [-0.39, 0.29) is 0 Å². The zero-order valence-electron chi connectivity index (χ0n) is 13.0. The molecule has 0 amide bonds. The van der Waals surface area contributed by atoms with E-state index in [1.165, 1.54) is 19.3 Å². The van der Waals surface area contributed by atoms with Crippen molar-refractivity contribution >= 4 is 0 Å². The molecule has 0 aliphatic heterocycles. The molecule has 0 bridgehead atoms. The molecule has 22 heavy (non-hydrogen) atoms. The van der Waals surface area contributed by atoms with E-state index in [0.717, 1.165) is 18.6 Å². The fraction of sp³-hybridized carbons (Fsp3) is 0.412. The molecule has 0 unspecified atom stereocenters. The second-order valence-electron chi connectivity index (χ2n) is 4.97. The Bertz CT molecular complexity index is 651. The van der Waals surface area contributed by atoms with Crippen molar-refractivity contribution in [3.63, 3.8) is 0 Å². The molecular weight excluding hydrogens is 280 g/mol. The lowest BCUT2D eigenvalue weighted by Crippen LogP contribution is -2.25. The first kappa shape index (κ1) is 15.9. The second-order valence-corrected chi connectivity index (χ2v) is 4.97. The fourth-order valence-electron chi connectivity index (χ4n) is 2.11. The van der Waals surface area contributed by atoms with Gasteiger partial charge in [-0.1, -0.05) is 32.1 Å². The average molecular weight is 300 g/mol. The minimum Gasteiger partial charge on any atom is -0.497 e. The molecule has 0 aliphatic carbocycles. The van der Waals surface area contributed by atoms with Crippen molar-refractivity contribution < 1.29 is 14.3 Å². The van der Waals surface area contributed by atoms with E-state index in [2.05, 4.69) is 28.6 Å². The van der Waals surface area contributed by atoms with Crippen LogP contribution in [0.2, 0.25) is 0 Å². The number of rotatable bonds is 6. The predicted molar refractivity (Wildman–Crippen MR) is 83.1 cm³/mol. The zero-order valence-corrected chi connectivity index (χ0v) is 13.0. The number of unbranched alkanes of at least 4 members (excludes halogenated alkanes) is 4. The maximum Gasteiger partial charge on any atom is 0.299 e. The van der Waals surface area contributed by atoms with Gasteiger partial charge < -0.3 is 9.94 Å². The maximum absolute atomic E-state index is 11.8. The Kier molecular flexibility index (Phi) is 5.84. The summed E-state index contributed by atoms with van der Waals surface area (Å²) in [6.45, 7) is 2.18. The van der Waals surface area contributed by atoms with Crippen molar-refractivity contribution in [2.75, 3.05) is 7.11 Å². The summed E-state index contributed by atoms with van der Waals surface area (Å²) in [4.78, 5) is 0.392. The van der Waals surface area contributed by atoms with Gasteiger partial charge >= 0.3 is 0 Å². The molecule has 5 nitrogen and oxygen atoms in total. The molecule has 1 heterocycles. The largest absolute Gasteiger partial charge is 0.497 e. The van der Waals surface area contributed by atoms with Crippen LogP contribution in [0.25, 0.3) is 11.3 Å². The average Bonchev–Trinajstić information content (AvgIpc) is 2.91. The van der Waals surface area contributed by atoms with Crippen molar-refractivity contribution in [1.29, 1.82) is 0 Å². The fourth-order valence-corrected chi connectivity index (χ4v) is 2.11. The second kappa shape index (κ2) is 8.08. The van der Waals surface area contributed by atoms with E-state index < -0.39 is 0 Å². The minimum absolute atomic E-state index is 0.337. The van der Waals surface area contributed by atoms with E-state index in [9.17, 15) is 5.21 Å². The van der Waals surface area contributed by atoms with Gasteiger partial charge in [-0.15, -0.1) is 0 Å². The van der Waals surface area contributed by atoms with Gasteiger partial charge in [0, 0.05) is 12.0 Å². The van der Waals surface area contributed by atoms with Crippen molar-refractivity contribution in [1.82, 2.24) is 5.16 Å². The predicted octanol–water partition coefficient (Wildman–Crippen LogP) is 3.31. The van der Waals surface area contributed by atoms with Gasteiger partial charge in [0.1, 0.15) is 5.75 Å². The van der Waals surface area contributed by atoms with Crippen molar-refractivity contribution in [2.24, 2.45) is 0 Å². The zero-order chi connectivity index (χ0) is 15.8. The Morgan fingerprint density at radius 2 is 2.00 bits per heavy atom. The van der Waals surface area contributed by atoms with Crippen LogP contribution < -0.4 is 9.64 Å². The maximum atomic E-state index is 11.8. The number of hydrogen-bond donors (Lipinski definition) is 0. The molecular formula is C17H20N2O3. The minimum atomic E-state index is 0.337. The van der Waals surface area contributed by atoms with E-state index in [1.54, 1.807) is 31.4 Å². The first-order valence-corrected chi connectivity index (χ1v) is 7.49. The van der Waals surface area contributed by atoms with Crippen LogP contribution in [0.15, 0.2) is 28.9 Å². The third-order valence-electron chi connectivity index (χ3n) is 3.34. The summed E-state index contributed by atoms with van der Waals surface area (Å²) in [6, 6.07) is 7.13. The van der Waals surface area contributed by atoms with Crippen LogP contribution in [0.1, 0.15) is 44.7 Å². The number of ether oxygens (including phenoxy) is 1. The molecule has 1 aromatic heterocycles. The lowest BCUT2D eigenvalue weighted by atomic mass is 10.1. The van der Waals surface area contributed by atoms with Crippen LogP contribution in [0.5, 0.6) is 5.75 Å². The Hall–Kier alpha value is -2.48. The Morgan fingerprint density at radius 3 is 2.68 bits per heavy atom. The molecule has 1 aromatic carbocycles. The highest BCUT2D eigenvalue weighted by molar-refractivity contribution is 5.62. The first-order chi connectivity index (χ1) is 10.8. The van der Waals surface area contributed by atoms with Gasteiger partial charge in [-0.25, -0.2) is 0 Å². The summed E-state index contributed by atoms with van der Waals surface area (Å²) >= 11 is 0. The van der Waals surface area contributed by atoms with Gasteiger partial charge in [0.15, 0.2) is 0 Å². The van der Waals surface area contributed by atoms with Gasteiger partial charge in [0.25, 0.3) is 5.69 Å². The SMILES string of the molecule is CCCCCCC#Cc1no[n+]([O-])c1-c1ccc(OC)cc1. The molecule has 0 N–H and O–H groups in total. The van der Waals surface area contributed by atoms with Crippen molar-refractivity contribution in [3.05, 3.63) is 35.2 Å². The van der Waals surface area contributed by atoms with Gasteiger partial charge in [-0.05, 0) is 41.5 Å². The summed E-state index contributed by atoms with van der Waals surface area (Å²) in [5.41, 5.74) is 1.41. The van der Waals surface area contributed by atoms with Gasteiger partial charge in [0.05, 0.1) is 12.3 Å². The number of methoxy groups -OCH3 is 1. The highest BCUT2D eigenvalue weighted by Gasteiger charge is 2.19. The normalized spacial score (nSPS) is 10.1. The third kappa shape index (κ3) is 4.01. The Labute approximate surface area is 130 Å². The molecule has 0 spiro atoms. The molecule has 116 valence electrons. The van der Waals surface area contributed by atoms with Crippen molar-refractivity contribution in [3.8, 4) is 28.8 Å². The summed E-state index contributed by atoms with van der Waals surface area (Å²) < 4.78 is 9.79. The molecule has 5 heteroatoms. The van der Waals surface area contributed by atoms with Crippen LogP contribution >= 0.6 is 0 Å². The first-order valence-electron chi connectivity index (χ1n) is 7.49. The highest BCUT2D eigenvalue weighted by atomic mass is 16.8. The van der Waals surface area contributed by atoms with E-state index in [0.29, 0.717) is 21.9 Å². The van der Waals surface area contributed by atoms with Crippen LogP contribution in [0, 0.1) is 17.0 Å². The summed E-state index contributed by atoms with van der Waals surface area (Å²) in [6.07, 6.45) is 5.47. The lowest BCUT2D eigenvalue weighted by molar-refractivity contribution is -0.793. The van der Waals surface area contributed by atoms with Crippen LogP contribution in [0.3, 0.4) is 0 Å². The van der Waals surface area contributed by atoms with Crippen LogP contribution in [-0.2, 0) is 0 Å². The van der Waals surface area contributed by atoms with Crippen LogP contribution in [0.4, 0.5) is 0 Å². The van der Waals surface area contributed by atoms with Gasteiger partial charge in [-0.3, -0.25) is 4.63 Å². The highest BCUT2D eigenvalue weighted by Crippen LogP contribution is 2.21. The third-order valence-corrected chi connectivity index (χ3v) is 3.34. The monoisotopic (exact) mass is 300 g/mol. The lowest BCUT2D eigenvalue weighted by Gasteiger charge is -2.00. The quantitative estimate of drug-likeness (QED) is 0.466. The number of nitrogens with zero attached hydrogens (tertiary/aromatic N) is 2. The summed E-state index contributed by atoms with van der Waals surface area (Å²) in [7, 11) is 1.59. The van der Waals surface area contributed by atoms with E-state index in [4.69, 9.17) is 4.74 Å². The molecule has 0 aliphatic rings. The topological polar surface area (TPSA) is 62.2 Å². The molecule has 2 aromatic rings. The number of benzene rings is 1. The molecule has 0 atom stereocenters.